The number of carbonyl (C=O) groups is 1. The predicted molar refractivity (Wildman–Crippen MR) is 86.8 cm³/mol. The van der Waals surface area contributed by atoms with Crippen LogP contribution in [0.3, 0.4) is 0 Å². The highest BCUT2D eigenvalue weighted by molar-refractivity contribution is 7.10. The highest BCUT2D eigenvalue weighted by atomic mass is 32.1. The van der Waals surface area contributed by atoms with Crippen LogP contribution in [0.5, 0.6) is 0 Å². The van der Waals surface area contributed by atoms with Gasteiger partial charge in [0.05, 0.1) is 18.3 Å². The molecule has 3 rings (SSSR count). The Balaban J connectivity index is 1.52. The molecule has 0 spiro atoms. The summed E-state index contributed by atoms with van der Waals surface area (Å²) in [5.74, 6) is 0.579. The molecule has 0 bridgehead atoms. The van der Waals surface area contributed by atoms with E-state index in [2.05, 4.69) is 15.6 Å². The molecule has 2 aromatic heterocycles. The van der Waals surface area contributed by atoms with Gasteiger partial charge < -0.3 is 10.6 Å². The minimum absolute atomic E-state index is 0.0264. The van der Waals surface area contributed by atoms with Crippen LogP contribution in [0.2, 0.25) is 0 Å². The van der Waals surface area contributed by atoms with E-state index in [1.807, 2.05) is 29.6 Å². The van der Waals surface area contributed by atoms with Gasteiger partial charge in [0.2, 0.25) is 5.91 Å². The molecule has 1 saturated carbocycles. The molecule has 1 aliphatic carbocycles. The Kier molecular flexibility index (Phi) is 4.50. The van der Waals surface area contributed by atoms with Crippen LogP contribution in [0.25, 0.3) is 0 Å². The lowest BCUT2D eigenvalue weighted by Gasteiger charge is -2.13. The minimum Gasteiger partial charge on any atom is -0.381 e. The Morgan fingerprint density at radius 3 is 2.81 bits per heavy atom. The number of rotatable bonds is 5. The van der Waals surface area contributed by atoms with Crippen molar-refractivity contribution in [1.82, 2.24) is 4.98 Å². The van der Waals surface area contributed by atoms with Gasteiger partial charge in [-0.25, -0.2) is 4.98 Å². The lowest BCUT2D eigenvalue weighted by Crippen LogP contribution is -2.16. The summed E-state index contributed by atoms with van der Waals surface area (Å²) >= 11 is 1.59. The fraction of sp³-hybridized carbons (Fsp3) is 0.375. The highest BCUT2D eigenvalue weighted by Gasteiger charge is 2.14. The van der Waals surface area contributed by atoms with Crippen molar-refractivity contribution in [3.63, 3.8) is 0 Å². The van der Waals surface area contributed by atoms with E-state index in [-0.39, 0.29) is 5.91 Å². The Bertz CT molecular complexity index is 574. The third kappa shape index (κ3) is 4.04. The molecule has 0 aromatic carbocycles. The zero-order valence-corrected chi connectivity index (χ0v) is 12.7. The summed E-state index contributed by atoms with van der Waals surface area (Å²) in [7, 11) is 0. The molecule has 2 aromatic rings. The molecule has 0 unspecified atom stereocenters. The summed E-state index contributed by atoms with van der Waals surface area (Å²) in [6, 6.07) is 8.32. The first-order valence-electron chi connectivity index (χ1n) is 7.34. The van der Waals surface area contributed by atoms with Gasteiger partial charge in [-0.15, -0.1) is 11.3 Å². The van der Waals surface area contributed by atoms with Crippen LogP contribution < -0.4 is 10.6 Å². The lowest BCUT2D eigenvalue weighted by molar-refractivity contribution is -0.115. The number of nitrogens with zero attached hydrogens (tertiary/aromatic N) is 1. The summed E-state index contributed by atoms with van der Waals surface area (Å²) in [5, 5.41) is 8.29. The molecular weight excluding hydrogens is 282 g/mol. The standard InChI is InChI=1S/C16H19N3OS/c20-16(10-14-6-3-9-21-14)19-15-8-7-13(11-17-15)18-12-4-1-2-5-12/h3,6-9,11-12,18H,1-2,4-5,10H2,(H,17,19,20). The normalized spacial score (nSPS) is 15.0. The first-order chi connectivity index (χ1) is 10.3. The zero-order chi connectivity index (χ0) is 14.5. The number of anilines is 2. The molecule has 2 N–H and O–H groups in total. The maximum absolute atomic E-state index is 11.9. The fourth-order valence-corrected chi connectivity index (χ4v) is 3.32. The van der Waals surface area contributed by atoms with E-state index in [1.54, 1.807) is 17.5 Å². The molecule has 5 heteroatoms. The number of aromatic nitrogens is 1. The fourth-order valence-electron chi connectivity index (χ4n) is 2.62. The Morgan fingerprint density at radius 2 is 2.14 bits per heavy atom. The predicted octanol–water partition coefficient (Wildman–Crippen LogP) is 3.68. The van der Waals surface area contributed by atoms with Gasteiger partial charge in [0.25, 0.3) is 0 Å². The first-order valence-corrected chi connectivity index (χ1v) is 8.22. The van der Waals surface area contributed by atoms with Crippen LogP contribution in [0, 0.1) is 0 Å². The first kappa shape index (κ1) is 14.1. The van der Waals surface area contributed by atoms with Crippen molar-refractivity contribution < 1.29 is 4.79 Å². The van der Waals surface area contributed by atoms with Gasteiger partial charge in [-0.3, -0.25) is 4.79 Å². The molecule has 0 radical (unpaired) electrons. The van der Waals surface area contributed by atoms with Crippen LogP contribution >= 0.6 is 11.3 Å². The van der Waals surface area contributed by atoms with Gasteiger partial charge >= 0.3 is 0 Å². The second-order valence-corrected chi connectivity index (χ2v) is 6.39. The maximum atomic E-state index is 11.9. The Morgan fingerprint density at radius 1 is 1.29 bits per heavy atom. The monoisotopic (exact) mass is 301 g/mol. The van der Waals surface area contributed by atoms with Crippen molar-refractivity contribution in [1.29, 1.82) is 0 Å². The molecular formula is C16H19N3OS. The Hall–Kier alpha value is -1.88. The molecule has 21 heavy (non-hydrogen) atoms. The topological polar surface area (TPSA) is 54.0 Å². The average Bonchev–Trinajstić information content (AvgIpc) is 3.14. The van der Waals surface area contributed by atoms with Crippen molar-refractivity contribution >= 4 is 28.7 Å². The van der Waals surface area contributed by atoms with Crippen LogP contribution in [0.1, 0.15) is 30.6 Å². The van der Waals surface area contributed by atoms with E-state index in [0.717, 1.165) is 10.6 Å². The van der Waals surface area contributed by atoms with E-state index in [1.165, 1.54) is 25.7 Å². The molecule has 4 nitrogen and oxygen atoms in total. The van der Waals surface area contributed by atoms with Crippen molar-refractivity contribution in [2.45, 2.75) is 38.1 Å². The van der Waals surface area contributed by atoms with Crippen molar-refractivity contribution in [3.8, 4) is 0 Å². The molecule has 1 fully saturated rings. The second kappa shape index (κ2) is 6.72. The minimum atomic E-state index is -0.0264. The molecule has 1 aliphatic rings. The molecule has 0 atom stereocenters. The number of hydrogen-bond donors (Lipinski definition) is 2. The number of pyridine rings is 1. The van der Waals surface area contributed by atoms with Crippen molar-refractivity contribution in [3.05, 3.63) is 40.7 Å². The number of nitrogens with one attached hydrogen (secondary N) is 2. The molecule has 2 heterocycles. The zero-order valence-electron chi connectivity index (χ0n) is 11.8. The van der Waals surface area contributed by atoms with Crippen LogP contribution in [-0.2, 0) is 11.2 Å². The van der Waals surface area contributed by atoms with Gasteiger partial charge in [0.15, 0.2) is 0 Å². The number of thiophene rings is 1. The number of carbonyl (C=O) groups excluding carboxylic acids is 1. The van der Waals surface area contributed by atoms with E-state index in [4.69, 9.17) is 0 Å². The average molecular weight is 301 g/mol. The van der Waals surface area contributed by atoms with Crippen LogP contribution in [-0.4, -0.2) is 16.9 Å². The summed E-state index contributed by atoms with van der Waals surface area (Å²) in [6.45, 7) is 0. The van der Waals surface area contributed by atoms with E-state index >= 15 is 0 Å². The maximum Gasteiger partial charge on any atom is 0.230 e. The summed E-state index contributed by atoms with van der Waals surface area (Å²) in [5.41, 5.74) is 1.03. The molecule has 110 valence electrons. The van der Waals surface area contributed by atoms with Gasteiger partial charge in [-0.1, -0.05) is 18.9 Å². The van der Waals surface area contributed by atoms with Gasteiger partial charge in [-0.2, -0.15) is 0 Å². The van der Waals surface area contributed by atoms with Crippen molar-refractivity contribution in [2.75, 3.05) is 10.6 Å². The smallest absolute Gasteiger partial charge is 0.230 e. The van der Waals surface area contributed by atoms with Crippen LogP contribution in [0.4, 0.5) is 11.5 Å². The van der Waals surface area contributed by atoms with E-state index < -0.39 is 0 Å². The number of hydrogen-bond acceptors (Lipinski definition) is 4. The van der Waals surface area contributed by atoms with E-state index in [9.17, 15) is 4.79 Å². The molecule has 0 aliphatic heterocycles. The Labute approximate surface area is 128 Å². The third-order valence-electron chi connectivity index (χ3n) is 3.67. The van der Waals surface area contributed by atoms with Gasteiger partial charge in [0, 0.05) is 10.9 Å². The van der Waals surface area contributed by atoms with Crippen molar-refractivity contribution in [2.24, 2.45) is 0 Å². The highest BCUT2D eigenvalue weighted by Crippen LogP contribution is 2.22. The van der Waals surface area contributed by atoms with Crippen LogP contribution in [0.15, 0.2) is 35.8 Å². The molecule has 0 saturated heterocycles. The SMILES string of the molecule is O=C(Cc1cccs1)Nc1ccc(NC2CCCC2)cn1. The van der Waals surface area contributed by atoms with E-state index in [0.29, 0.717) is 18.3 Å². The third-order valence-corrected chi connectivity index (χ3v) is 4.55. The summed E-state index contributed by atoms with van der Waals surface area (Å²) in [6.07, 6.45) is 7.28. The van der Waals surface area contributed by atoms with Gasteiger partial charge in [-0.05, 0) is 36.4 Å². The molecule has 1 amide bonds. The van der Waals surface area contributed by atoms with Gasteiger partial charge in [0.1, 0.15) is 5.82 Å². The summed E-state index contributed by atoms with van der Waals surface area (Å²) < 4.78 is 0. The lowest BCUT2D eigenvalue weighted by atomic mass is 10.2. The largest absolute Gasteiger partial charge is 0.381 e. The summed E-state index contributed by atoms with van der Waals surface area (Å²) in [4.78, 5) is 17.2. The number of amides is 1. The second-order valence-electron chi connectivity index (χ2n) is 5.36. The quantitative estimate of drug-likeness (QED) is 0.886.